The highest BCUT2D eigenvalue weighted by atomic mass is 16.6. The zero-order valence-corrected chi connectivity index (χ0v) is 15.2. The molecule has 8 heteroatoms. The highest BCUT2D eigenvalue weighted by molar-refractivity contribution is 5.97. The predicted octanol–water partition coefficient (Wildman–Crippen LogP) is 1.71. The number of cyclic esters (lactones) is 1. The predicted molar refractivity (Wildman–Crippen MR) is 91.4 cm³/mol. The first-order valence-electron chi connectivity index (χ1n) is 9.33. The van der Waals surface area contributed by atoms with Crippen molar-refractivity contribution in [3.8, 4) is 0 Å². The van der Waals surface area contributed by atoms with Gasteiger partial charge in [-0.15, -0.1) is 0 Å². The van der Waals surface area contributed by atoms with Crippen LogP contribution in [0, 0.1) is 5.92 Å². The number of esters is 1. The van der Waals surface area contributed by atoms with E-state index in [0.29, 0.717) is 6.42 Å². The molecule has 0 amide bonds. The molecule has 0 unspecified atom stereocenters. The number of rotatable bonds is 13. The van der Waals surface area contributed by atoms with Gasteiger partial charge >= 0.3 is 17.9 Å². The van der Waals surface area contributed by atoms with Crippen LogP contribution in [0.5, 0.6) is 0 Å². The van der Waals surface area contributed by atoms with E-state index >= 15 is 0 Å². The van der Waals surface area contributed by atoms with Crippen LogP contribution < -0.4 is 0 Å². The summed E-state index contributed by atoms with van der Waals surface area (Å²) in [6.45, 7) is 2.16. The van der Waals surface area contributed by atoms with Crippen LogP contribution in [-0.2, 0) is 19.1 Å². The zero-order valence-electron chi connectivity index (χ0n) is 15.2. The maximum absolute atomic E-state index is 11.8. The minimum absolute atomic E-state index is 0.0948. The summed E-state index contributed by atoms with van der Waals surface area (Å²) < 4.78 is 4.50. The van der Waals surface area contributed by atoms with Gasteiger partial charge in [-0.25, -0.2) is 9.59 Å². The van der Waals surface area contributed by atoms with Gasteiger partial charge in [-0.05, 0) is 6.42 Å². The molecule has 0 radical (unpaired) electrons. The lowest BCUT2D eigenvalue weighted by Gasteiger charge is -2.27. The molecular weight excluding hydrogens is 344 g/mol. The number of hydrogen-bond acceptors (Lipinski definition) is 6. The van der Waals surface area contributed by atoms with Gasteiger partial charge < -0.3 is 25.2 Å². The lowest BCUT2D eigenvalue weighted by atomic mass is 9.80. The van der Waals surface area contributed by atoms with Gasteiger partial charge in [0.2, 0.25) is 11.7 Å². The first-order valence-corrected chi connectivity index (χ1v) is 9.33. The summed E-state index contributed by atoms with van der Waals surface area (Å²) in [5.41, 5.74) is -2.97. The minimum Gasteiger partial charge on any atom is -0.479 e. The second kappa shape index (κ2) is 10.5. The SMILES string of the molecule is CCCCCCCCCCC[C@H](O)[C@H]1C(=O)O[C@@H](C(=O)O)[C@]1(O)C(=O)O. The maximum Gasteiger partial charge on any atom is 0.348 e. The Kier molecular flexibility index (Phi) is 9.01. The fourth-order valence-electron chi connectivity index (χ4n) is 3.39. The van der Waals surface area contributed by atoms with E-state index in [4.69, 9.17) is 5.11 Å². The van der Waals surface area contributed by atoms with Crippen LogP contribution in [-0.4, -0.2) is 56.1 Å². The molecule has 1 rings (SSSR count). The van der Waals surface area contributed by atoms with E-state index < -0.39 is 41.6 Å². The molecule has 0 spiro atoms. The minimum atomic E-state index is -2.97. The highest BCUT2D eigenvalue weighted by Gasteiger charge is 2.66. The lowest BCUT2D eigenvalue weighted by molar-refractivity contribution is -0.181. The normalized spacial score (nSPS) is 26.5. The van der Waals surface area contributed by atoms with Crippen LogP contribution in [0.2, 0.25) is 0 Å². The summed E-state index contributed by atoms with van der Waals surface area (Å²) in [4.78, 5) is 34.3. The smallest absolute Gasteiger partial charge is 0.348 e. The first-order chi connectivity index (χ1) is 12.3. The number of aliphatic hydroxyl groups excluding tert-OH is 1. The van der Waals surface area contributed by atoms with Crippen molar-refractivity contribution in [3.05, 3.63) is 0 Å². The molecule has 0 aliphatic carbocycles. The van der Waals surface area contributed by atoms with E-state index in [1.54, 1.807) is 0 Å². The third-order valence-corrected chi connectivity index (χ3v) is 4.92. The van der Waals surface area contributed by atoms with Crippen molar-refractivity contribution in [2.24, 2.45) is 5.92 Å². The van der Waals surface area contributed by atoms with E-state index in [2.05, 4.69) is 11.7 Å². The maximum atomic E-state index is 11.8. The molecule has 1 heterocycles. The van der Waals surface area contributed by atoms with Gasteiger partial charge in [-0.2, -0.15) is 0 Å². The largest absolute Gasteiger partial charge is 0.479 e. The third-order valence-electron chi connectivity index (χ3n) is 4.92. The molecule has 8 nitrogen and oxygen atoms in total. The quantitative estimate of drug-likeness (QED) is 0.282. The van der Waals surface area contributed by atoms with Crippen molar-refractivity contribution in [1.82, 2.24) is 0 Å². The number of unbranched alkanes of at least 4 members (excludes halogenated alkanes) is 8. The van der Waals surface area contributed by atoms with Crippen molar-refractivity contribution in [2.75, 3.05) is 0 Å². The summed E-state index contributed by atoms with van der Waals surface area (Å²) in [7, 11) is 0. The van der Waals surface area contributed by atoms with Gasteiger partial charge in [0.1, 0.15) is 5.92 Å². The van der Waals surface area contributed by atoms with Gasteiger partial charge in [0.15, 0.2) is 0 Å². The molecular formula is C18H30O8. The van der Waals surface area contributed by atoms with Crippen molar-refractivity contribution >= 4 is 17.9 Å². The Labute approximate surface area is 153 Å². The van der Waals surface area contributed by atoms with Crippen molar-refractivity contribution in [2.45, 2.75) is 88.9 Å². The second-order valence-electron chi connectivity index (χ2n) is 6.95. The van der Waals surface area contributed by atoms with E-state index in [1.807, 2.05) is 0 Å². The Hall–Kier alpha value is -1.67. The Balaban J connectivity index is 2.45. The van der Waals surface area contributed by atoms with Crippen LogP contribution >= 0.6 is 0 Å². The molecule has 26 heavy (non-hydrogen) atoms. The van der Waals surface area contributed by atoms with Gasteiger partial charge in [0.25, 0.3) is 0 Å². The van der Waals surface area contributed by atoms with Crippen LogP contribution in [0.4, 0.5) is 0 Å². The Morgan fingerprint density at radius 1 is 1.04 bits per heavy atom. The third kappa shape index (κ3) is 5.41. The first kappa shape index (κ1) is 22.4. The summed E-state index contributed by atoms with van der Waals surface area (Å²) in [5.74, 6) is -6.67. The molecule has 150 valence electrons. The van der Waals surface area contributed by atoms with Gasteiger partial charge in [-0.1, -0.05) is 64.7 Å². The molecule has 4 atom stereocenters. The highest BCUT2D eigenvalue weighted by Crippen LogP contribution is 2.37. The number of carboxylic acids is 2. The Morgan fingerprint density at radius 2 is 1.54 bits per heavy atom. The number of ether oxygens (including phenoxy) is 1. The molecule has 0 aromatic carbocycles. The topological polar surface area (TPSA) is 141 Å². The van der Waals surface area contributed by atoms with E-state index in [9.17, 15) is 29.7 Å². The number of aliphatic hydroxyl groups is 2. The molecule has 0 aromatic rings. The van der Waals surface area contributed by atoms with E-state index in [0.717, 1.165) is 25.7 Å². The average Bonchev–Trinajstić information content (AvgIpc) is 2.85. The summed E-state index contributed by atoms with van der Waals surface area (Å²) in [6.07, 6.45) is 5.82. The van der Waals surface area contributed by atoms with Crippen molar-refractivity contribution in [3.63, 3.8) is 0 Å². The molecule has 0 bridgehead atoms. The van der Waals surface area contributed by atoms with E-state index in [-0.39, 0.29) is 6.42 Å². The molecule has 1 saturated heterocycles. The molecule has 0 saturated carbocycles. The summed E-state index contributed by atoms with van der Waals surface area (Å²) in [5, 5.41) is 38.6. The van der Waals surface area contributed by atoms with Gasteiger partial charge in [-0.3, -0.25) is 4.79 Å². The fraction of sp³-hybridized carbons (Fsp3) is 0.833. The fourth-order valence-corrected chi connectivity index (χ4v) is 3.39. The van der Waals surface area contributed by atoms with Gasteiger partial charge in [0.05, 0.1) is 6.10 Å². The van der Waals surface area contributed by atoms with E-state index in [1.165, 1.54) is 25.7 Å². The molecule has 0 aromatic heterocycles. The second-order valence-corrected chi connectivity index (χ2v) is 6.95. The van der Waals surface area contributed by atoms with Gasteiger partial charge in [0, 0.05) is 0 Å². The Morgan fingerprint density at radius 3 is 2.00 bits per heavy atom. The number of carboxylic acid groups (broad SMARTS) is 2. The van der Waals surface area contributed by atoms with Crippen LogP contribution in [0.1, 0.15) is 71.1 Å². The summed E-state index contributed by atoms with van der Waals surface area (Å²) >= 11 is 0. The monoisotopic (exact) mass is 374 g/mol. The standard InChI is InChI=1S/C18H30O8/c1-2-3-4-5-6-7-8-9-10-11-12(19)13-16(22)26-14(15(20)21)18(13,25)17(23)24/h12-14,19,25H,2-11H2,1H3,(H,20,21)(H,23,24)/t12-,13-,14-,18-/m0/s1. The van der Waals surface area contributed by atoms with Crippen molar-refractivity contribution in [1.29, 1.82) is 0 Å². The molecule has 1 aliphatic heterocycles. The number of carbonyl (C=O) groups excluding carboxylic acids is 1. The van der Waals surface area contributed by atoms with Crippen LogP contribution in [0.3, 0.4) is 0 Å². The van der Waals surface area contributed by atoms with Crippen LogP contribution in [0.25, 0.3) is 0 Å². The van der Waals surface area contributed by atoms with Crippen LogP contribution in [0.15, 0.2) is 0 Å². The average molecular weight is 374 g/mol. The Bertz CT molecular complexity index is 492. The molecule has 1 aliphatic rings. The number of aliphatic carboxylic acids is 2. The number of carbonyl (C=O) groups is 3. The summed E-state index contributed by atoms with van der Waals surface area (Å²) in [6, 6.07) is 0. The van der Waals surface area contributed by atoms with Crippen molar-refractivity contribution < 1.29 is 39.5 Å². The lowest BCUT2D eigenvalue weighted by Crippen LogP contribution is -2.57. The molecule has 4 N–H and O–H groups in total. The zero-order chi connectivity index (χ0) is 19.7. The number of hydrogen-bond donors (Lipinski definition) is 4. The molecule has 1 fully saturated rings.